The third-order valence-electron chi connectivity index (χ3n) is 4.48. The van der Waals surface area contributed by atoms with Crippen LogP contribution in [0.4, 0.5) is 0 Å². The number of carbonyl (C=O) groups is 1. The summed E-state index contributed by atoms with van der Waals surface area (Å²) in [7, 11) is 0. The molecule has 3 heteroatoms. The van der Waals surface area contributed by atoms with Gasteiger partial charge in [-0.15, -0.1) is 0 Å². The Morgan fingerprint density at radius 3 is 2.48 bits per heavy atom. The van der Waals surface area contributed by atoms with E-state index in [1.807, 2.05) is 12.1 Å². The second-order valence-electron chi connectivity index (χ2n) is 6.36. The SMILES string of the molecule is CC(C)c1ccc(C(=O)OO[C]2CCCC(C)C2C)cc1. The number of hydrogen-bond donors (Lipinski definition) is 0. The van der Waals surface area contributed by atoms with Gasteiger partial charge in [0.25, 0.3) is 0 Å². The summed E-state index contributed by atoms with van der Waals surface area (Å²) in [5, 5.41) is 0. The topological polar surface area (TPSA) is 35.5 Å². The monoisotopic (exact) mass is 289 g/mol. The molecule has 2 unspecified atom stereocenters. The van der Waals surface area contributed by atoms with Crippen LogP contribution in [-0.4, -0.2) is 5.97 Å². The molecule has 1 aromatic rings. The second kappa shape index (κ2) is 7.08. The van der Waals surface area contributed by atoms with Crippen LogP contribution in [0.1, 0.15) is 68.8 Å². The molecule has 1 aliphatic carbocycles. The van der Waals surface area contributed by atoms with Crippen LogP contribution in [0, 0.1) is 17.9 Å². The zero-order valence-electron chi connectivity index (χ0n) is 13.4. The molecule has 0 bridgehead atoms. The summed E-state index contributed by atoms with van der Waals surface area (Å²) in [6.07, 6.45) is 4.08. The van der Waals surface area contributed by atoms with Gasteiger partial charge < -0.3 is 0 Å². The fourth-order valence-electron chi connectivity index (χ4n) is 2.65. The predicted molar refractivity (Wildman–Crippen MR) is 82.5 cm³/mol. The third kappa shape index (κ3) is 4.07. The zero-order valence-corrected chi connectivity index (χ0v) is 13.4. The Morgan fingerprint density at radius 2 is 1.86 bits per heavy atom. The molecule has 1 aliphatic rings. The van der Waals surface area contributed by atoms with E-state index in [1.165, 1.54) is 12.0 Å². The molecule has 0 amide bonds. The van der Waals surface area contributed by atoms with E-state index in [0.29, 0.717) is 23.3 Å². The highest BCUT2D eigenvalue weighted by Gasteiger charge is 2.30. The van der Waals surface area contributed by atoms with Gasteiger partial charge in [0.15, 0.2) is 6.10 Å². The van der Waals surface area contributed by atoms with Gasteiger partial charge in [-0.25, -0.2) is 4.79 Å². The first-order valence-electron chi connectivity index (χ1n) is 7.83. The van der Waals surface area contributed by atoms with Gasteiger partial charge in [0.1, 0.15) is 0 Å². The summed E-state index contributed by atoms with van der Waals surface area (Å²) >= 11 is 0. The van der Waals surface area contributed by atoms with Gasteiger partial charge in [-0.3, -0.25) is 4.89 Å². The van der Waals surface area contributed by atoms with Crippen LogP contribution in [0.5, 0.6) is 0 Å². The fraction of sp³-hybridized carbons (Fsp3) is 0.556. The Hall–Kier alpha value is -1.35. The number of rotatable bonds is 4. The summed E-state index contributed by atoms with van der Waals surface area (Å²) in [5.41, 5.74) is 1.73. The fourth-order valence-corrected chi connectivity index (χ4v) is 2.65. The van der Waals surface area contributed by atoms with E-state index >= 15 is 0 Å². The van der Waals surface area contributed by atoms with E-state index < -0.39 is 5.97 Å². The Kier molecular flexibility index (Phi) is 5.40. The van der Waals surface area contributed by atoms with Gasteiger partial charge in [0.2, 0.25) is 0 Å². The van der Waals surface area contributed by atoms with Gasteiger partial charge in [0.05, 0.1) is 5.56 Å². The Morgan fingerprint density at radius 1 is 1.19 bits per heavy atom. The molecule has 0 N–H and O–H groups in total. The largest absolute Gasteiger partial charge is 0.373 e. The van der Waals surface area contributed by atoms with Crippen molar-refractivity contribution in [3.05, 3.63) is 41.5 Å². The van der Waals surface area contributed by atoms with Crippen molar-refractivity contribution in [3.63, 3.8) is 0 Å². The first-order chi connectivity index (χ1) is 9.99. The van der Waals surface area contributed by atoms with E-state index in [2.05, 4.69) is 27.7 Å². The normalized spacial score (nSPS) is 23.3. The van der Waals surface area contributed by atoms with E-state index in [-0.39, 0.29) is 0 Å². The van der Waals surface area contributed by atoms with Gasteiger partial charge in [-0.1, -0.05) is 52.7 Å². The Balaban J connectivity index is 1.89. The average molecular weight is 289 g/mol. The maximum atomic E-state index is 12.0. The lowest BCUT2D eigenvalue weighted by atomic mass is 9.80. The minimum atomic E-state index is -0.428. The van der Waals surface area contributed by atoms with Crippen molar-refractivity contribution in [2.45, 2.75) is 52.9 Å². The Bertz CT molecular complexity index is 464. The summed E-state index contributed by atoms with van der Waals surface area (Å²) < 4.78 is 0. The maximum Gasteiger partial charge on any atom is 0.373 e. The maximum absolute atomic E-state index is 12.0. The smallest absolute Gasteiger partial charge is 0.292 e. The molecule has 0 aliphatic heterocycles. The number of benzene rings is 1. The van der Waals surface area contributed by atoms with Crippen molar-refractivity contribution in [1.29, 1.82) is 0 Å². The lowest BCUT2D eigenvalue weighted by Gasteiger charge is -2.31. The quantitative estimate of drug-likeness (QED) is 0.585. The van der Waals surface area contributed by atoms with Crippen molar-refractivity contribution < 1.29 is 14.6 Å². The van der Waals surface area contributed by atoms with Crippen LogP contribution in [0.25, 0.3) is 0 Å². The van der Waals surface area contributed by atoms with Crippen molar-refractivity contribution in [2.75, 3.05) is 0 Å². The molecule has 1 saturated carbocycles. The summed E-state index contributed by atoms with van der Waals surface area (Å²) in [5.74, 6) is 0.947. The minimum Gasteiger partial charge on any atom is -0.292 e. The molecule has 1 fully saturated rings. The van der Waals surface area contributed by atoms with Crippen LogP contribution >= 0.6 is 0 Å². The second-order valence-corrected chi connectivity index (χ2v) is 6.36. The summed E-state index contributed by atoms with van der Waals surface area (Å²) in [6, 6.07) is 7.50. The van der Waals surface area contributed by atoms with Crippen molar-refractivity contribution in [3.8, 4) is 0 Å². The lowest BCUT2D eigenvalue weighted by molar-refractivity contribution is -0.248. The highest BCUT2D eigenvalue weighted by molar-refractivity contribution is 5.88. The van der Waals surface area contributed by atoms with Gasteiger partial charge in [0, 0.05) is 0 Å². The average Bonchev–Trinajstić information content (AvgIpc) is 2.48. The first-order valence-corrected chi connectivity index (χ1v) is 7.83. The standard InChI is InChI=1S/C18H25O3/c1-12(2)15-8-10-16(11-9-15)18(19)21-20-17-7-5-6-13(3)14(17)4/h8-14H,5-7H2,1-4H3. The summed E-state index contributed by atoms with van der Waals surface area (Å²) in [4.78, 5) is 22.3. The molecular weight excluding hydrogens is 264 g/mol. The number of hydrogen-bond acceptors (Lipinski definition) is 3. The molecule has 0 heterocycles. The minimum absolute atomic E-state index is 0.342. The molecule has 115 valence electrons. The third-order valence-corrected chi connectivity index (χ3v) is 4.48. The molecule has 3 nitrogen and oxygen atoms in total. The van der Waals surface area contributed by atoms with E-state index in [4.69, 9.17) is 9.78 Å². The molecule has 0 saturated heterocycles. The van der Waals surface area contributed by atoms with Crippen molar-refractivity contribution in [2.24, 2.45) is 11.8 Å². The lowest BCUT2D eigenvalue weighted by Crippen LogP contribution is -2.25. The Labute approximate surface area is 127 Å². The molecule has 1 radical (unpaired) electrons. The molecule has 0 spiro atoms. The van der Waals surface area contributed by atoms with Gasteiger partial charge in [-0.05, 0) is 41.9 Å². The van der Waals surface area contributed by atoms with Crippen molar-refractivity contribution in [1.82, 2.24) is 0 Å². The summed E-state index contributed by atoms with van der Waals surface area (Å²) in [6.45, 7) is 8.58. The van der Waals surface area contributed by atoms with Crippen LogP contribution in [0.2, 0.25) is 0 Å². The first kappa shape index (κ1) is 16.0. The van der Waals surface area contributed by atoms with E-state index in [9.17, 15) is 4.79 Å². The van der Waals surface area contributed by atoms with E-state index in [0.717, 1.165) is 18.9 Å². The predicted octanol–water partition coefficient (Wildman–Crippen LogP) is 4.89. The molecule has 21 heavy (non-hydrogen) atoms. The number of carbonyl (C=O) groups excluding carboxylic acids is 1. The van der Waals surface area contributed by atoms with Crippen LogP contribution < -0.4 is 0 Å². The molecule has 2 atom stereocenters. The van der Waals surface area contributed by atoms with E-state index in [1.54, 1.807) is 12.1 Å². The van der Waals surface area contributed by atoms with Crippen LogP contribution in [0.15, 0.2) is 24.3 Å². The molecule has 0 aromatic heterocycles. The molecular formula is C18H25O3. The highest BCUT2D eigenvalue weighted by Crippen LogP contribution is 2.36. The highest BCUT2D eigenvalue weighted by atomic mass is 17.2. The van der Waals surface area contributed by atoms with Gasteiger partial charge >= 0.3 is 5.97 Å². The zero-order chi connectivity index (χ0) is 15.4. The van der Waals surface area contributed by atoms with Crippen LogP contribution in [0.3, 0.4) is 0 Å². The van der Waals surface area contributed by atoms with Gasteiger partial charge in [-0.2, -0.15) is 4.89 Å². The van der Waals surface area contributed by atoms with Crippen molar-refractivity contribution >= 4 is 5.97 Å². The van der Waals surface area contributed by atoms with Crippen LogP contribution in [-0.2, 0) is 9.78 Å². The molecule has 1 aromatic carbocycles. The molecule has 2 rings (SSSR count).